The molecule has 1 aromatic rings. The van der Waals surface area contributed by atoms with Crippen molar-refractivity contribution in [3.8, 4) is 0 Å². The van der Waals surface area contributed by atoms with E-state index in [4.69, 9.17) is 10.5 Å². The molecule has 1 aliphatic heterocycles. The second kappa shape index (κ2) is 6.19. The Hall–Kier alpha value is -1.36. The van der Waals surface area contributed by atoms with Crippen LogP contribution in [-0.4, -0.2) is 37.2 Å². The minimum Gasteiger partial charge on any atom is -0.462 e. The number of nitrogen functional groups attached to an aromatic ring is 1. The first-order valence-corrected chi connectivity index (χ1v) is 7.66. The number of rotatable bonds is 4. The number of esters is 1. The number of anilines is 2. The molecule has 1 aliphatic rings. The zero-order valence-corrected chi connectivity index (χ0v) is 12.2. The summed E-state index contributed by atoms with van der Waals surface area (Å²) in [6.07, 6.45) is 1.16. The third-order valence-electron chi connectivity index (χ3n) is 3.37. The largest absolute Gasteiger partial charge is 0.462 e. The first-order valence-electron chi connectivity index (χ1n) is 6.50. The van der Waals surface area contributed by atoms with E-state index in [1.807, 2.05) is 24.9 Å². The van der Waals surface area contributed by atoms with Gasteiger partial charge in [0, 0.05) is 18.8 Å². The van der Waals surface area contributed by atoms with E-state index < -0.39 is 0 Å². The Kier molecular flexibility index (Phi) is 4.58. The van der Waals surface area contributed by atoms with Crippen molar-refractivity contribution in [3.05, 3.63) is 23.8 Å². The van der Waals surface area contributed by atoms with Crippen LogP contribution >= 0.6 is 11.8 Å². The SMILES string of the molecule is CCOC(=O)c1ccc(N)c(N(C)C2CCSC2)c1. The Morgan fingerprint density at radius 3 is 3.00 bits per heavy atom. The molecule has 5 heteroatoms. The maximum Gasteiger partial charge on any atom is 0.338 e. The molecule has 0 saturated carbocycles. The smallest absolute Gasteiger partial charge is 0.338 e. The number of nitrogens with zero attached hydrogens (tertiary/aromatic N) is 1. The molecule has 2 rings (SSSR count). The van der Waals surface area contributed by atoms with Crippen molar-refractivity contribution in [3.63, 3.8) is 0 Å². The lowest BCUT2D eigenvalue weighted by molar-refractivity contribution is 0.0526. The minimum absolute atomic E-state index is 0.294. The molecule has 1 heterocycles. The molecule has 4 nitrogen and oxygen atoms in total. The summed E-state index contributed by atoms with van der Waals surface area (Å²) >= 11 is 1.96. The van der Waals surface area contributed by atoms with E-state index in [9.17, 15) is 4.79 Å². The molecular weight excluding hydrogens is 260 g/mol. The van der Waals surface area contributed by atoms with Gasteiger partial charge in [0.25, 0.3) is 0 Å². The minimum atomic E-state index is -0.294. The van der Waals surface area contributed by atoms with Crippen molar-refractivity contribution in [2.75, 3.05) is 35.8 Å². The van der Waals surface area contributed by atoms with Gasteiger partial charge in [-0.25, -0.2) is 4.79 Å². The summed E-state index contributed by atoms with van der Waals surface area (Å²) in [6, 6.07) is 5.81. The van der Waals surface area contributed by atoms with Crippen molar-refractivity contribution in [1.82, 2.24) is 0 Å². The zero-order chi connectivity index (χ0) is 13.8. The molecule has 0 aliphatic carbocycles. The highest BCUT2D eigenvalue weighted by atomic mass is 32.2. The summed E-state index contributed by atoms with van der Waals surface area (Å²) in [6.45, 7) is 2.19. The number of benzene rings is 1. The Morgan fingerprint density at radius 2 is 2.37 bits per heavy atom. The standard InChI is InChI=1S/C14H20N2O2S/c1-3-18-14(17)10-4-5-12(15)13(8-10)16(2)11-6-7-19-9-11/h4-5,8,11H,3,6-7,9,15H2,1-2H3. The summed E-state index contributed by atoms with van der Waals surface area (Å²) in [5.41, 5.74) is 8.21. The summed E-state index contributed by atoms with van der Waals surface area (Å²) in [5, 5.41) is 0. The van der Waals surface area contributed by atoms with Crippen molar-refractivity contribution >= 4 is 29.1 Å². The molecule has 2 N–H and O–H groups in total. The van der Waals surface area contributed by atoms with Crippen molar-refractivity contribution in [1.29, 1.82) is 0 Å². The van der Waals surface area contributed by atoms with Gasteiger partial charge in [-0.3, -0.25) is 0 Å². The van der Waals surface area contributed by atoms with Gasteiger partial charge < -0.3 is 15.4 Å². The zero-order valence-electron chi connectivity index (χ0n) is 11.4. The number of carbonyl (C=O) groups excluding carboxylic acids is 1. The second-order valence-corrected chi connectivity index (χ2v) is 5.77. The summed E-state index contributed by atoms with van der Waals surface area (Å²) in [7, 11) is 2.04. The third kappa shape index (κ3) is 3.15. The van der Waals surface area contributed by atoms with Crippen molar-refractivity contribution < 1.29 is 9.53 Å². The first-order chi connectivity index (χ1) is 9.13. The molecule has 1 unspecified atom stereocenters. The monoisotopic (exact) mass is 280 g/mol. The fourth-order valence-corrected chi connectivity index (χ4v) is 3.48. The quantitative estimate of drug-likeness (QED) is 0.678. The number of carbonyl (C=O) groups is 1. The van der Waals surface area contributed by atoms with Gasteiger partial charge >= 0.3 is 5.97 Å². The Morgan fingerprint density at radius 1 is 1.58 bits per heavy atom. The van der Waals surface area contributed by atoms with Gasteiger partial charge in [-0.2, -0.15) is 11.8 Å². The van der Waals surface area contributed by atoms with Crippen LogP contribution in [0.2, 0.25) is 0 Å². The van der Waals surface area contributed by atoms with Crippen LogP contribution in [0.25, 0.3) is 0 Å². The molecule has 0 spiro atoms. The number of hydrogen-bond acceptors (Lipinski definition) is 5. The highest BCUT2D eigenvalue weighted by molar-refractivity contribution is 7.99. The van der Waals surface area contributed by atoms with Crippen LogP contribution in [0.3, 0.4) is 0 Å². The molecule has 0 bridgehead atoms. The summed E-state index contributed by atoms with van der Waals surface area (Å²) in [4.78, 5) is 13.9. The van der Waals surface area contributed by atoms with E-state index in [2.05, 4.69) is 4.90 Å². The molecule has 19 heavy (non-hydrogen) atoms. The van der Waals surface area contributed by atoms with Gasteiger partial charge in [-0.15, -0.1) is 0 Å². The topological polar surface area (TPSA) is 55.6 Å². The van der Waals surface area contributed by atoms with E-state index in [0.29, 0.717) is 23.9 Å². The van der Waals surface area contributed by atoms with Crippen molar-refractivity contribution in [2.24, 2.45) is 0 Å². The molecular formula is C14H20N2O2S. The number of hydrogen-bond donors (Lipinski definition) is 1. The van der Waals surface area contributed by atoms with Gasteiger partial charge in [0.2, 0.25) is 0 Å². The van der Waals surface area contributed by atoms with Crippen LogP contribution in [0.15, 0.2) is 18.2 Å². The second-order valence-electron chi connectivity index (χ2n) is 4.62. The van der Waals surface area contributed by atoms with E-state index in [-0.39, 0.29) is 5.97 Å². The van der Waals surface area contributed by atoms with Gasteiger partial charge in [0.05, 0.1) is 23.5 Å². The maximum absolute atomic E-state index is 11.8. The molecule has 1 fully saturated rings. The average Bonchev–Trinajstić information content (AvgIpc) is 2.92. The van der Waals surface area contributed by atoms with Crippen LogP contribution < -0.4 is 10.6 Å². The van der Waals surface area contributed by atoms with Crippen LogP contribution in [0.5, 0.6) is 0 Å². The van der Waals surface area contributed by atoms with E-state index in [1.165, 1.54) is 5.75 Å². The number of thioether (sulfide) groups is 1. The Labute approximate surface area is 118 Å². The summed E-state index contributed by atoms with van der Waals surface area (Å²) in [5.74, 6) is 2.00. The van der Waals surface area contributed by atoms with Gasteiger partial charge in [-0.1, -0.05) is 0 Å². The van der Waals surface area contributed by atoms with Gasteiger partial charge in [0.15, 0.2) is 0 Å². The van der Waals surface area contributed by atoms with E-state index in [1.54, 1.807) is 19.1 Å². The number of ether oxygens (including phenoxy) is 1. The molecule has 1 aromatic carbocycles. The van der Waals surface area contributed by atoms with E-state index >= 15 is 0 Å². The van der Waals surface area contributed by atoms with Crippen LogP contribution in [0, 0.1) is 0 Å². The summed E-state index contributed by atoms with van der Waals surface area (Å²) < 4.78 is 5.03. The third-order valence-corrected chi connectivity index (χ3v) is 4.52. The Bertz CT molecular complexity index is 459. The van der Waals surface area contributed by atoms with Crippen molar-refractivity contribution in [2.45, 2.75) is 19.4 Å². The molecule has 0 aromatic heterocycles. The highest BCUT2D eigenvalue weighted by Crippen LogP contribution is 2.30. The lowest BCUT2D eigenvalue weighted by atomic mass is 10.1. The lowest BCUT2D eigenvalue weighted by Gasteiger charge is -2.27. The van der Waals surface area contributed by atoms with Crippen LogP contribution in [0.1, 0.15) is 23.7 Å². The average molecular weight is 280 g/mol. The predicted molar refractivity (Wildman–Crippen MR) is 80.9 cm³/mol. The number of nitrogens with two attached hydrogens (primary N) is 1. The molecule has 0 radical (unpaired) electrons. The Balaban J connectivity index is 2.23. The van der Waals surface area contributed by atoms with E-state index in [0.717, 1.165) is 17.9 Å². The van der Waals surface area contributed by atoms with Gasteiger partial charge in [-0.05, 0) is 37.3 Å². The van der Waals surface area contributed by atoms with Gasteiger partial charge in [0.1, 0.15) is 0 Å². The highest BCUT2D eigenvalue weighted by Gasteiger charge is 2.22. The molecule has 1 saturated heterocycles. The normalized spacial score (nSPS) is 18.3. The van der Waals surface area contributed by atoms with Crippen LogP contribution in [0.4, 0.5) is 11.4 Å². The fourth-order valence-electron chi connectivity index (χ4n) is 2.21. The first kappa shape index (κ1) is 14.1. The lowest BCUT2D eigenvalue weighted by Crippen LogP contribution is -2.32. The fraction of sp³-hybridized carbons (Fsp3) is 0.500. The molecule has 0 amide bonds. The predicted octanol–water partition coefficient (Wildman–Crippen LogP) is 2.39. The molecule has 104 valence electrons. The maximum atomic E-state index is 11.8. The molecule has 1 atom stereocenters. The van der Waals surface area contributed by atoms with Crippen LogP contribution in [-0.2, 0) is 4.74 Å².